The van der Waals surface area contributed by atoms with Crippen molar-refractivity contribution >= 4 is 52.4 Å². The molecular formula is C43H43N11O5. The van der Waals surface area contributed by atoms with Crippen molar-refractivity contribution in [1.29, 1.82) is 0 Å². The molecule has 1 unspecified atom stereocenters. The van der Waals surface area contributed by atoms with Crippen molar-refractivity contribution in [2.24, 2.45) is 0 Å². The number of hydrogen-bond donors (Lipinski definition) is 3. The first-order valence-corrected chi connectivity index (χ1v) is 20.3. The van der Waals surface area contributed by atoms with E-state index in [9.17, 15) is 24.0 Å². The van der Waals surface area contributed by atoms with E-state index in [2.05, 4.69) is 39.7 Å². The highest BCUT2D eigenvalue weighted by atomic mass is 16.2. The van der Waals surface area contributed by atoms with Gasteiger partial charge in [-0.15, -0.1) is 0 Å². The number of nitrogens with two attached hydrogens (primary N) is 1. The van der Waals surface area contributed by atoms with Crippen molar-refractivity contribution in [2.75, 3.05) is 48.7 Å². The van der Waals surface area contributed by atoms with E-state index >= 15 is 0 Å². The number of benzene rings is 2. The number of fused-ring (bicyclic) bond motifs is 2. The molecule has 5 amide bonds. The van der Waals surface area contributed by atoms with Crippen molar-refractivity contribution in [3.8, 4) is 11.3 Å². The van der Waals surface area contributed by atoms with E-state index in [1.807, 2.05) is 30.5 Å². The van der Waals surface area contributed by atoms with Gasteiger partial charge in [0.05, 0.1) is 17.2 Å². The van der Waals surface area contributed by atoms with Crippen LogP contribution in [0.3, 0.4) is 0 Å². The molecule has 0 saturated carbocycles. The number of carbonyl (C=O) groups excluding carboxylic acids is 5. The number of likely N-dealkylation sites (tertiary alicyclic amines) is 2. The van der Waals surface area contributed by atoms with Crippen LogP contribution in [0.5, 0.6) is 0 Å². The van der Waals surface area contributed by atoms with Crippen molar-refractivity contribution in [2.45, 2.75) is 62.7 Å². The van der Waals surface area contributed by atoms with Gasteiger partial charge < -0.3 is 16.0 Å². The van der Waals surface area contributed by atoms with E-state index in [0.29, 0.717) is 40.4 Å². The van der Waals surface area contributed by atoms with Gasteiger partial charge in [0.1, 0.15) is 34.7 Å². The minimum absolute atomic E-state index is 0.0881. The molecule has 5 aliphatic heterocycles. The van der Waals surface area contributed by atoms with Crippen LogP contribution in [0.2, 0.25) is 0 Å². The van der Waals surface area contributed by atoms with E-state index in [0.717, 1.165) is 91.6 Å². The Morgan fingerprint density at radius 3 is 2.37 bits per heavy atom. The number of pyridine rings is 1. The zero-order chi connectivity index (χ0) is 40.4. The third-order valence-electron chi connectivity index (χ3n) is 12.7. The van der Waals surface area contributed by atoms with Gasteiger partial charge >= 0.3 is 0 Å². The minimum atomic E-state index is -0.979. The highest BCUT2D eigenvalue weighted by Gasteiger charge is 2.45. The second-order valence-electron chi connectivity index (χ2n) is 16.0. The maximum absolute atomic E-state index is 13.4. The lowest BCUT2D eigenvalue weighted by molar-refractivity contribution is -0.136. The quantitative estimate of drug-likeness (QED) is 0.194. The van der Waals surface area contributed by atoms with Crippen molar-refractivity contribution in [3.63, 3.8) is 0 Å². The van der Waals surface area contributed by atoms with Gasteiger partial charge in [-0.25, -0.2) is 15.0 Å². The predicted molar refractivity (Wildman–Crippen MR) is 217 cm³/mol. The van der Waals surface area contributed by atoms with E-state index in [-0.39, 0.29) is 24.8 Å². The Kier molecular flexibility index (Phi) is 9.17. The lowest BCUT2D eigenvalue weighted by Gasteiger charge is -2.49. The molecule has 10 rings (SSSR count). The van der Waals surface area contributed by atoms with E-state index in [1.165, 1.54) is 0 Å². The molecule has 0 aliphatic carbocycles. The highest BCUT2D eigenvalue weighted by Crippen LogP contribution is 2.40. The molecule has 5 aliphatic rings. The highest BCUT2D eigenvalue weighted by molar-refractivity contribution is 6.23. The predicted octanol–water partition coefficient (Wildman–Crippen LogP) is 3.52. The fourth-order valence-electron chi connectivity index (χ4n) is 9.57. The first kappa shape index (κ1) is 36.8. The topological polar surface area (TPSA) is 191 Å². The molecule has 0 spiro atoms. The van der Waals surface area contributed by atoms with Crippen molar-refractivity contribution < 1.29 is 24.0 Å². The molecule has 0 bridgehead atoms. The molecule has 4 N–H and O–H groups in total. The van der Waals surface area contributed by atoms with E-state index in [4.69, 9.17) is 10.7 Å². The normalized spacial score (nSPS) is 21.9. The fraction of sp³-hybridized carbons (Fsp3) is 0.349. The summed E-state index contributed by atoms with van der Waals surface area (Å²) in [5, 5.41) is 5.08. The number of anilines is 3. The maximum atomic E-state index is 13.4. The van der Waals surface area contributed by atoms with Gasteiger partial charge in [0.15, 0.2) is 0 Å². The second-order valence-corrected chi connectivity index (χ2v) is 16.0. The minimum Gasteiger partial charge on any atom is -0.382 e. The first-order chi connectivity index (χ1) is 28.7. The summed E-state index contributed by atoms with van der Waals surface area (Å²) >= 11 is 0. The smallest absolute Gasteiger partial charge is 0.262 e. The number of nitrogens with one attached hydrogen (secondary N) is 2. The van der Waals surface area contributed by atoms with Crippen molar-refractivity contribution in [1.82, 2.24) is 39.4 Å². The van der Waals surface area contributed by atoms with Gasteiger partial charge in [-0.3, -0.25) is 48.4 Å². The van der Waals surface area contributed by atoms with Crippen LogP contribution in [0.15, 0.2) is 79.3 Å². The Bertz CT molecular complexity index is 2510. The number of amides is 5. The summed E-state index contributed by atoms with van der Waals surface area (Å²) < 4.78 is 2.09. The molecule has 4 saturated heterocycles. The average molecular weight is 794 g/mol. The molecule has 16 heteroatoms. The van der Waals surface area contributed by atoms with Crippen LogP contribution < -0.4 is 21.3 Å². The molecular weight excluding hydrogens is 751 g/mol. The first-order valence-electron chi connectivity index (χ1n) is 20.3. The number of rotatable bonds is 8. The molecule has 8 heterocycles. The van der Waals surface area contributed by atoms with Crippen LogP contribution in [-0.2, 0) is 9.59 Å². The molecule has 2 aromatic carbocycles. The molecule has 0 radical (unpaired) electrons. The summed E-state index contributed by atoms with van der Waals surface area (Å²) in [4.78, 5) is 85.9. The Morgan fingerprint density at radius 2 is 1.61 bits per heavy atom. The second kappa shape index (κ2) is 14.7. The van der Waals surface area contributed by atoms with Gasteiger partial charge in [0.25, 0.3) is 17.7 Å². The lowest BCUT2D eigenvalue weighted by atomic mass is 9.97. The standard InChI is InChI=1S/C43H43N11O5/c44-38-37-36(25-6-8-26(9-7-25)40(56)47-34-5-1-2-16-45-34)49-39(53(37)21-17-46-38)32-4-3-18-52(32)27-14-19-50(20-15-27)29-23-51(24-29)28-10-11-30-31(22-28)43(59)54(42(30)58)33-12-13-35(55)48-41(33)57/h1-2,5-11,16-17,21-22,27,29,32-33H,3-4,12-15,18-20,23-24H2,(H2,44,46)(H,45,47,56)(H,48,55,57)/t32-,33?/m0/s1. The number of aromatic nitrogens is 4. The van der Waals surface area contributed by atoms with E-state index in [1.54, 1.807) is 48.8 Å². The monoisotopic (exact) mass is 793 g/mol. The summed E-state index contributed by atoms with van der Waals surface area (Å²) in [5.74, 6) is -0.389. The van der Waals surface area contributed by atoms with Gasteiger partial charge in [-0.2, -0.15) is 0 Å². The van der Waals surface area contributed by atoms with Gasteiger partial charge in [-0.05, 0) is 81.1 Å². The number of nitrogens with zero attached hydrogens (tertiary/aromatic N) is 8. The molecule has 2 atom stereocenters. The van der Waals surface area contributed by atoms with Crippen LogP contribution in [0, 0.1) is 0 Å². The zero-order valence-electron chi connectivity index (χ0n) is 32.3. The third-order valence-corrected chi connectivity index (χ3v) is 12.7. The van der Waals surface area contributed by atoms with Crippen LogP contribution >= 0.6 is 0 Å². The number of hydrogen-bond acceptors (Lipinski definition) is 12. The Hall–Kier alpha value is -6.52. The van der Waals surface area contributed by atoms with E-state index < -0.39 is 29.7 Å². The van der Waals surface area contributed by atoms with Crippen LogP contribution in [0.1, 0.15) is 81.5 Å². The Labute approximate surface area is 339 Å². The Morgan fingerprint density at radius 1 is 0.814 bits per heavy atom. The van der Waals surface area contributed by atoms with Gasteiger partial charge in [0.2, 0.25) is 11.8 Å². The molecule has 3 aromatic heterocycles. The summed E-state index contributed by atoms with van der Waals surface area (Å²) in [6, 6.07) is 18.0. The Balaban J connectivity index is 0.786. The molecule has 4 fully saturated rings. The molecule has 59 heavy (non-hydrogen) atoms. The van der Waals surface area contributed by atoms with Crippen molar-refractivity contribution in [3.05, 3.63) is 102 Å². The average Bonchev–Trinajstić information content (AvgIpc) is 3.93. The zero-order valence-corrected chi connectivity index (χ0v) is 32.3. The van der Waals surface area contributed by atoms with Crippen LogP contribution in [-0.4, -0.2) is 114 Å². The number of nitrogen functional groups attached to an aromatic ring is 1. The molecule has 5 aromatic rings. The number of piperidine rings is 2. The molecule has 16 nitrogen and oxygen atoms in total. The van der Waals surface area contributed by atoms with Gasteiger partial charge in [-0.1, -0.05) is 18.2 Å². The summed E-state index contributed by atoms with van der Waals surface area (Å²) in [7, 11) is 0. The lowest BCUT2D eigenvalue weighted by Crippen LogP contribution is -2.62. The fourth-order valence-corrected chi connectivity index (χ4v) is 9.57. The van der Waals surface area contributed by atoms with Crippen LogP contribution in [0.25, 0.3) is 16.8 Å². The number of imidazole rings is 1. The summed E-state index contributed by atoms with van der Waals surface area (Å²) in [6.07, 6.45) is 9.67. The summed E-state index contributed by atoms with van der Waals surface area (Å²) in [5.41, 5.74) is 10.9. The largest absolute Gasteiger partial charge is 0.382 e. The van der Waals surface area contributed by atoms with Gasteiger partial charge in [0, 0.05) is 80.1 Å². The maximum Gasteiger partial charge on any atom is 0.262 e. The number of carbonyl (C=O) groups is 5. The molecule has 300 valence electrons. The SMILES string of the molecule is Nc1nccn2c([C@@H]3CCCN3C3CCN(C4CN(c5ccc6c(c5)C(=O)N(C5CCC(=O)NC5=O)C6=O)C4)CC3)nc(-c3ccc(C(=O)Nc4ccccn4)cc3)c12. The van der Waals surface area contributed by atoms with Crippen LogP contribution in [0.4, 0.5) is 17.3 Å². The number of imide groups is 2. The third kappa shape index (κ3) is 6.48. The summed E-state index contributed by atoms with van der Waals surface area (Å²) in [6.45, 7) is 4.61.